The van der Waals surface area contributed by atoms with Crippen LogP contribution in [-0.2, 0) is 6.42 Å². The Balaban J connectivity index is 1.83. The van der Waals surface area contributed by atoms with Gasteiger partial charge in [-0.1, -0.05) is 39.5 Å². The molecule has 1 aromatic heterocycles. The van der Waals surface area contributed by atoms with E-state index in [0.717, 1.165) is 12.3 Å². The molecule has 1 heterocycles. The molecule has 3 rings (SSSR count). The van der Waals surface area contributed by atoms with Crippen molar-refractivity contribution < 1.29 is 0 Å². The summed E-state index contributed by atoms with van der Waals surface area (Å²) in [6, 6.07) is 0. The van der Waals surface area contributed by atoms with Crippen LogP contribution in [0.5, 0.6) is 0 Å². The summed E-state index contributed by atoms with van der Waals surface area (Å²) in [6.07, 6.45) is 10.3. The zero-order valence-electron chi connectivity index (χ0n) is 12.9. The van der Waals surface area contributed by atoms with E-state index in [-0.39, 0.29) is 0 Å². The number of aromatic nitrogens is 2. The summed E-state index contributed by atoms with van der Waals surface area (Å²) in [5, 5.41) is 0. The quantitative estimate of drug-likeness (QED) is 0.819. The van der Waals surface area contributed by atoms with Gasteiger partial charge in [0.25, 0.3) is 0 Å². The number of anilines is 1. The Morgan fingerprint density at radius 3 is 2.85 bits per heavy atom. The highest BCUT2D eigenvalue weighted by atomic mass is 15.0. The highest BCUT2D eigenvalue weighted by Gasteiger charge is 2.38. The summed E-state index contributed by atoms with van der Waals surface area (Å²) in [5.41, 5.74) is 9.99. The minimum absolute atomic E-state index is 0.493. The molecule has 0 spiro atoms. The second kappa shape index (κ2) is 5.71. The molecule has 0 saturated carbocycles. The molecule has 1 aromatic rings. The van der Waals surface area contributed by atoms with Gasteiger partial charge in [-0.3, -0.25) is 0 Å². The van der Waals surface area contributed by atoms with E-state index in [0.29, 0.717) is 17.8 Å². The Morgan fingerprint density at radius 2 is 2.05 bits per heavy atom. The van der Waals surface area contributed by atoms with E-state index >= 15 is 0 Å². The van der Waals surface area contributed by atoms with Crippen LogP contribution >= 0.6 is 0 Å². The number of hydrogen-bond acceptors (Lipinski definition) is 3. The fraction of sp³-hybridized carbons (Fsp3) is 0.765. The number of unbranched alkanes of at least 4 members (excludes halogenated alkanes) is 3. The highest BCUT2D eigenvalue weighted by molar-refractivity contribution is 5.42. The largest absolute Gasteiger partial charge is 0.368 e. The molecule has 0 unspecified atom stereocenters. The Hall–Kier alpha value is -1.12. The number of nitrogen functional groups attached to an aromatic ring is 1. The van der Waals surface area contributed by atoms with Crippen LogP contribution in [0, 0.1) is 5.92 Å². The summed E-state index contributed by atoms with van der Waals surface area (Å²) in [7, 11) is 0. The molecule has 0 fully saturated rings. The first-order valence-corrected chi connectivity index (χ1v) is 8.36. The van der Waals surface area contributed by atoms with Gasteiger partial charge < -0.3 is 5.73 Å². The van der Waals surface area contributed by atoms with Gasteiger partial charge in [0.2, 0.25) is 5.95 Å². The minimum Gasteiger partial charge on any atom is -0.368 e. The van der Waals surface area contributed by atoms with E-state index in [1.165, 1.54) is 61.9 Å². The van der Waals surface area contributed by atoms with Crippen molar-refractivity contribution in [3.63, 3.8) is 0 Å². The van der Waals surface area contributed by atoms with Gasteiger partial charge in [0.1, 0.15) is 0 Å². The van der Waals surface area contributed by atoms with Gasteiger partial charge in [0.15, 0.2) is 0 Å². The SMILES string of the molecule is CCCCCC[C@@H]1c2nc(N)nc3c2[C@@H](CC3)C[C@H]1C. The summed E-state index contributed by atoms with van der Waals surface area (Å²) in [5.74, 6) is 2.56. The topological polar surface area (TPSA) is 51.8 Å². The second-order valence-corrected chi connectivity index (χ2v) is 6.73. The second-order valence-electron chi connectivity index (χ2n) is 6.73. The summed E-state index contributed by atoms with van der Waals surface area (Å²) in [4.78, 5) is 9.14. The van der Waals surface area contributed by atoms with E-state index in [4.69, 9.17) is 5.73 Å². The zero-order valence-corrected chi connectivity index (χ0v) is 12.9. The van der Waals surface area contributed by atoms with E-state index < -0.39 is 0 Å². The predicted molar refractivity (Wildman–Crippen MR) is 82.8 cm³/mol. The molecule has 3 heteroatoms. The van der Waals surface area contributed by atoms with Gasteiger partial charge in [-0.2, -0.15) is 0 Å². The van der Waals surface area contributed by atoms with Crippen molar-refractivity contribution in [2.45, 2.75) is 77.0 Å². The smallest absolute Gasteiger partial charge is 0.220 e. The molecule has 20 heavy (non-hydrogen) atoms. The van der Waals surface area contributed by atoms with Crippen LogP contribution in [0.2, 0.25) is 0 Å². The maximum Gasteiger partial charge on any atom is 0.220 e. The third-order valence-electron chi connectivity index (χ3n) is 5.27. The number of hydrogen-bond donors (Lipinski definition) is 1. The number of nitrogens with two attached hydrogens (primary N) is 1. The number of rotatable bonds is 5. The molecular formula is C17H27N3. The van der Waals surface area contributed by atoms with E-state index in [9.17, 15) is 0 Å². The molecule has 3 nitrogen and oxygen atoms in total. The molecule has 2 N–H and O–H groups in total. The summed E-state index contributed by atoms with van der Waals surface area (Å²) >= 11 is 0. The molecule has 0 aromatic carbocycles. The van der Waals surface area contributed by atoms with Crippen molar-refractivity contribution in [3.05, 3.63) is 17.0 Å². The van der Waals surface area contributed by atoms with Crippen LogP contribution < -0.4 is 5.73 Å². The van der Waals surface area contributed by atoms with Gasteiger partial charge in [0, 0.05) is 11.6 Å². The number of aryl methyl sites for hydroxylation is 1. The lowest BCUT2D eigenvalue weighted by atomic mass is 9.72. The first-order valence-electron chi connectivity index (χ1n) is 8.36. The number of nitrogens with zero attached hydrogens (tertiary/aromatic N) is 2. The van der Waals surface area contributed by atoms with E-state index in [1.54, 1.807) is 0 Å². The monoisotopic (exact) mass is 273 g/mol. The van der Waals surface area contributed by atoms with Crippen LogP contribution in [0.15, 0.2) is 0 Å². The van der Waals surface area contributed by atoms with E-state index in [1.807, 2.05) is 0 Å². The van der Waals surface area contributed by atoms with Crippen molar-refractivity contribution in [1.82, 2.24) is 9.97 Å². The van der Waals surface area contributed by atoms with Crippen molar-refractivity contribution in [1.29, 1.82) is 0 Å². The van der Waals surface area contributed by atoms with Crippen LogP contribution in [0.3, 0.4) is 0 Å². The highest BCUT2D eigenvalue weighted by Crippen LogP contribution is 2.49. The minimum atomic E-state index is 0.493. The summed E-state index contributed by atoms with van der Waals surface area (Å²) in [6.45, 7) is 4.68. The average molecular weight is 273 g/mol. The Bertz CT molecular complexity index is 483. The van der Waals surface area contributed by atoms with Gasteiger partial charge in [-0.25, -0.2) is 9.97 Å². The van der Waals surface area contributed by atoms with Crippen molar-refractivity contribution in [3.8, 4) is 0 Å². The molecule has 0 aliphatic heterocycles. The van der Waals surface area contributed by atoms with Crippen LogP contribution in [-0.4, -0.2) is 9.97 Å². The normalized spacial score (nSPS) is 27.6. The van der Waals surface area contributed by atoms with Gasteiger partial charge in [-0.15, -0.1) is 0 Å². The Morgan fingerprint density at radius 1 is 1.20 bits per heavy atom. The maximum absolute atomic E-state index is 5.94. The fourth-order valence-corrected chi connectivity index (χ4v) is 4.26. The van der Waals surface area contributed by atoms with Crippen LogP contribution in [0.4, 0.5) is 5.95 Å². The van der Waals surface area contributed by atoms with E-state index in [2.05, 4.69) is 23.8 Å². The fourth-order valence-electron chi connectivity index (χ4n) is 4.26. The Labute approximate surface area is 122 Å². The van der Waals surface area contributed by atoms with Crippen molar-refractivity contribution in [2.24, 2.45) is 5.92 Å². The van der Waals surface area contributed by atoms with Crippen molar-refractivity contribution >= 4 is 5.95 Å². The molecule has 3 atom stereocenters. The lowest BCUT2D eigenvalue weighted by Gasteiger charge is -2.33. The molecule has 0 amide bonds. The van der Waals surface area contributed by atoms with Gasteiger partial charge >= 0.3 is 0 Å². The molecule has 0 radical (unpaired) electrons. The van der Waals surface area contributed by atoms with Crippen LogP contribution in [0.1, 0.15) is 87.6 Å². The lowest BCUT2D eigenvalue weighted by Crippen LogP contribution is -2.23. The lowest BCUT2D eigenvalue weighted by molar-refractivity contribution is 0.332. The predicted octanol–water partition coefficient (Wildman–Crippen LogP) is 4.18. The summed E-state index contributed by atoms with van der Waals surface area (Å²) < 4.78 is 0. The van der Waals surface area contributed by atoms with Gasteiger partial charge in [0.05, 0.1) is 5.69 Å². The third kappa shape index (κ3) is 2.43. The standard InChI is InChI=1S/C17H27N3/c1-3-4-5-6-7-13-11(2)10-12-8-9-14-15(12)16(13)20-17(18)19-14/h11-13H,3-10H2,1-2H3,(H2,18,19,20)/t11-,12+,13+/m1/s1. The van der Waals surface area contributed by atoms with Crippen LogP contribution in [0.25, 0.3) is 0 Å². The first-order chi connectivity index (χ1) is 9.70. The molecule has 110 valence electrons. The molecule has 0 bridgehead atoms. The molecule has 2 aliphatic rings. The average Bonchev–Trinajstić information content (AvgIpc) is 2.80. The maximum atomic E-state index is 5.94. The molecule has 0 saturated heterocycles. The first kappa shape index (κ1) is 13.8. The zero-order chi connectivity index (χ0) is 14.1. The Kier molecular flexibility index (Phi) is 3.95. The molecule has 2 aliphatic carbocycles. The van der Waals surface area contributed by atoms with Gasteiger partial charge in [-0.05, 0) is 43.1 Å². The third-order valence-corrected chi connectivity index (χ3v) is 5.27. The molecular weight excluding hydrogens is 246 g/mol. The van der Waals surface area contributed by atoms with Crippen molar-refractivity contribution in [2.75, 3.05) is 5.73 Å².